The van der Waals surface area contributed by atoms with Gasteiger partial charge in [-0.05, 0) is 24.5 Å². The van der Waals surface area contributed by atoms with E-state index in [1.54, 1.807) is 0 Å². The number of hydrogen-bond acceptors (Lipinski definition) is 6. The smallest absolute Gasteiger partial charge is 0.185 e. The van der Waals surface area contributed by atoms with Crippen LogP contribution >= 0.6 is 0 Å². The molecule has 1 unspecified atom stereocenters. The largest absolute Gasteiger partial charge is 0.381 e. The normalized spacial score (nSPS) is 21.2. The number of anilines is 1. The van der Waals surface area contributed by atoms with Gasteiger partial charge in [-0.1, -0.05) is 30.3 Å². The number of hydrogen-bond donors (Lipinski definition) is 0. The van der Waals surface area contributed by atoms with Crippen molar-refractivity contribution in [3.05, 3.63) is 42.5 Å². The third-order valence-corrected chi connectivity index (χ3v) is 5.52. The molecule has 7 heteroatoms. The van der Waals surface area contributed by atoms with Gasteiger partial charge in [-0.25, -0.2) is 0 Å². The molecular weight excluding hydrogens is 340 g/mol. The second kappa shape index (κ2) is 7.25. The van der Waals surface area contributed by atoms with Crippen LogP contribution in [-0.4, -0.2) is 70.6 Å². The summed E-state index contributed by atoms with van der Waals surface area (Å²) in [4.78, 5) is 4.92. The van der Waals surface area contributed by atoms with Gasteiger partial charge in [-0.15, -0.1) is 15.3 Å². The zero-order valence-corrected chi connectivity index (χ0v) is 15.4. The van der Waals surface area contributed by atoms with Crippen LogP contribution in [0.5, 0.6) is 0 Å². The summed E-state index contributed by atoms with van der Waals surface area (Å²) in [5, 5.41) is 13.4. The molecule has 1 aromatic carbocycles. The maximum atomic E-state index is 5.51. The minimum atomic E-state index is 0.705. The van der Waals surface area contributed by atoms with E-state index >= 15 is 0 Å². The number of piperazine rings is 1. The zero-order valence-electron chi connectivity index (χ0n) is 15.4. The summed E-state index contributed by atoms with van der Waals surface area (Å²) in [5.74, 6) is 2.48. The van der Waals surface area contributed by atoms with Crippen molar-refractivity contribution in [1.82, 2.24) is 24.7 Å². The molecule has 0 bridgehead atoms. The molecule has 0 spiro atoms. The maximum absolute atomic E-state index is 5.51. The molecule has 0 aliphatic carbocycles. The van der Waals surface area contributed by atoms with Crippen LogP contribution in [0.1, 0.15) is 6.42 Å². The molecule has 27 heavy (non-hydrogen) atoms. The Morgan fingerprint density at radius 1 is 0.963 bits per heavy atom. The minimum absolute atomic E-state index is 0.705. The van der Waals surface area contributed by atoms with Crippen molar-refractivity contribution in [3.63, 3.8) is 0 Å². The Bertz CT molecular complexity index is 897. The number of fused-ring (bicyclic) bond motifs is 1. The van der Waals surface area contributed by atoms with Gasteiger partial charge in [-0.2, -0.15) is 4.52 Å². The van der Waals surface area contributed by atoms with Crippen LogP contribution < -0.4 is 4.90 Å². The Morgan fingerprint density at radius 2 is 1.81 bits per heavy atom. The van der Waals surface area contributed by atoms with E-state index in [1.165, 1.54) is 6.42 Å². The van der Waals surface area contributed by atoms with E-state index in [-0.39, 0.29) is 0 Å². The fraction of sp³-hybridized carbons (Fsp3) is 0.450. The quantitative estimate of drug-likeness (QED) is 0.705. The predicted molar refractivity (Wildman–Crippen MR) is 104 cm³/mol. The monoisotopic (exact) mass is 364 g/mol. The highest BCUT2D eigenvalue weighted by molar-refractivity contribution is 5.59. The number of benzene rings is 1. The summed E-state index contributed by atoms with van der Waals surface area (Å²) < 4.78 is 7.36. The minimum Gasteiger partial charge on any atom is -0.381 e. The summed E-state index contributed by atoms with van der Waals surface area (Å²) in [7, 11) is 0. The molecule has 2 aliphatic heterocycles. The molecule has 7 nitrogen and oxygen atoms in total. The summed E-state index contributed by atoms with van der Waals surface area (Å²) in [6.07, 6.45) is 1.20. The number of ether oxygens (including phenoxy) is 1. The number of rotatable bonds is 4. The van der Waals surface area contributed by atoms with Crippen molar-refractivity contribution in [2.45, 2.75) is 6.42 Å². The van der Waals surface area contributed by atoms with Crippen LogP contribution in [-0.2, 0) is 4.74 Å². The number of nitrogens with zero attached hydrogens (tertiary/aromatic N) is 6. The zero-order chi connectivity index (χ0) is 18.1. The van der Waals surface area contributed by atoms with Gasteiger partial charge in [0.2, 0.25) is 0 Å². The number of aromatic nitrogens is 4. The third kappa shape index (κ3) is 3.40. The first kappa shape index (κ1) is 16.6. The van der Waals surface area contributed by atoms with Crippen LogP contribution in [0.15, 0.2) is 42.5 Å². The maximum Gasteiger partial charge on any atom is 0.185 e. The van der Waals surface area contributed by atoms with Crippen molar-refractivity contribution in [2.75, 3.05) is 50.8 Å². The van der Waals surface area contributed by atoms with Crippen LogP contribution in [0.25, 0.3) is 17.0 Å². The summed E-state index contributed by atoms with van der Waals surface area (Å²) in [5.41, 5.74) is 1.80. The topological polar surface area (TPSA) is 58.8 Å². The Labute approximate surface area is 158 Å². The SMILES string of the molecule is c1ccc(-c2nnc3ccc(N4CCN(CC5CCOC5)CC4)nn23)cc1. The van der Waals surface area contributed by atoms with Gasteiger partial charge < -0.3 is 9.64 Å². The first-order valence-electron chi connectivity index (χ1n) is 9.70. The highest BCUT2D eigenvalue weighted by Gasteiger charge is 2.23. The molecule has 2 saturated heterocycles. The molecule has 0 radical (unpaired) electrons. The highest BCUT2D eigenvalue weighted by atomic mass is 16.5. The Kier molecular flexibility index (Phi) is 4.47. The first-order valence-corrected chi connectivity index (χ1v) is 9.70. The molecule has 1 atom stereocenters. The molecule has 140 valence electrons. The van der Waals surface area contributed by atoms with Gasteiger partial charge in [0.1, 0.15) is 5.82 Å². The van der Waals surface area contributed by atoms with Gasteiger partial charge in [0.05, 0.1) is 6.61 Å². The van der Waals surface area contributed by atoms with E-state index in [0.717, 1.165) is 68.8 Å². The standard InChI is InChI=1S/C20H24N6O/c1-2-4-17(5-3-1)20-22-21-18-6-7-19(23-26(18)20)25-11-9-24(10-12-25)14-16-8-13-27-15-16/h1-7,16H,8-15H2. The van der Waals surface area contributed by atoms with E-state index < -0.39 is 0 Å². The lowest BCUT2D eigenvalue weighted by Crippen LogP contribution is -2.48. The summed E-state index contributed by atoms with van der Waals surface area (Å²) in [6, 6.07) is 14.2. The lowest BCUT2D eigenvalue weighted by molar-refractivity contribution is 0.164. The predicted octanol–water partition coefficient (Wildman–Crippen LogP) is 1.95. The molecular formula is C20H24N6O. The molecule has 0 N–H and O–H groups in total. The molecule has 5 rings (SSSR count). The van der Waals surface area contributed by atoms with E-state index in [9.17, 15) is 0 Å². The summed E-state index contributed by atoms with van der Waals surface area (Å²) in [6.45, 7) is 7.15. The van der Waals surface area contributed by atoms with Crippen LogP contribution in [0.4, 0.5) is 5.82 Å². The van der Waals surface area contributed by atoms with Gasteiger partial charge in [-0.3, -0.25) is 4.90 Å². The van der Waals surface area contributed by atoms with E-state index in [2.05, 4.69) is 26.1 Å². The van der Waals surface area contributed by atoms with Crippen molar-refractivity contribution in [3.8, 4) is 11.4 Å². The fourth-order valence-electron chi connectivity index (χ4n) is 3.97. The van der Waals surface area contributed by atoms with E-state index in [0.29, 0.717) is 5.92 Å². The van der Waals surface area contributed by atoms with Crippen molar-refractivity contribution >= 4 is 11.5 Å². The lowest BCUT2D eigenvalue weighted by atomic mass is 10.1. The van der Waals surface area contributed by atoms with Gasteiger partial charge in [0.15, 0.2) is 11.5 Å². The Hall–Kier alpha value is -2.51. The fourth-order valence-corrected chi connectivity index (χ4v) is 3.97. The van der Waals surface area contributed by atoms with Crippen LogP contribution in [0.3, 0.4) is 0 Å². The average molecular weight is 364 g/mol. The van der Waals surface area contributed by atoms with E-state index in [4.69, 9.17) is 9.84 Å². The second-order valence-corrected chi connectivity index (χ2v) is 7.37. The van der Waals surface area contributed by atoms with Gasteiger partial charge in [0.25, 0.3) is 0 Å². The second-order valence-electron chi connectivity index (χ2n) is 7.37. The molecule has 4 heterocycles. The highest BCUT2D eigenvalue weighted by Crippen LogP contribution is 2.21. The van der Waals surface area contributed by atoms with Gasteiger partial charge >= 0.3 is 0 Å². The van der Waals surface area contributed by atoms with Crippen molar-refractivity contribution in [2.24, 2.45) is 5.92 Å². The van der Waals surface area contributed by atoms with Crippen molar-refractivity contribution in [1.29, 1.82) is 0 Å². The Balaban J connectivity index is 1.32. The molecule has 2 aliphatic rings. The average Bonchev–Trinajstić information content (AvgIpc) is 3.38. The lowest BCUT2D eigenvalue weighted by Gasteiger charge is -2.36. The Morgan fingerprint density at radius 3 is 2.59 bits per heavy atom. The summed E-state index contributed by atoms with van der Waals surface area (Å²) >= 11 is 0. The van der Waals surface area contributed by atoms with Crippen LogP contribution in [0.2, 0.25) is 0 Å². The molecule has 2 fully saturated rings. The molecule has 0 saturated carbocycles. The molecule has 0 amide bonds. The first-order chi connectivity index (χ1) is 13.4. The van der Waals surface area contributed by atoms with Crippen molar-refractivity contribution < 1.29 is 4.74 Å². The van der Waals surface area contributed by atoms with Gasteiger partial charge in [0, 0.05) is 44.9 Å². The molecule has 3 aromatic rings. The molecule has 2 aromatic heterocycles. The van der Waals surface area contributed by atoms with E-state index in [1.807, 2.05) is 40.9 Å². The van der Waals surface area contributed by atoms with Crippen LogP contribution in [0, 0.1) is 5.92 Å². The third-order valence-electron chi connectivity index (χ3n) is 5.52.